The number of likely N-dealkylation sites (tertiary alicyclic amines) is 1. The number of phenolic OH excluding ortho intramolecular Hbond substituents is 2. The molecule has 4 aromatic carbocycles. The number of ether oxygens (including phenoxy) is 1. The van der Waals surface area contributed by atoms with Crippen LogP contribution in [-0.2, 0) is 43.8 Å². The first-order valence-corrected chi connectivity index (χ1v) is 23.1. The van der Waals surface area contributed by atoms with Crippen molar-refractivity contribution in [3.05, 3.63) is 126 Å². The first kappa shape index (κ1) is 44.3. The van der Waals surface area contributed by atoms with Crippen LogP contribution in [0.2, 0.25) is 0 Å². The molecule has 0 spiro atoms. The summed E-state index contributed by atoms with van der Waals surface area (Å²) in [6.07, 6.45) is 1.95. The molecule has 6 aliphatic carbocycles. The van der Waals surface area contributed by atoms with Gasteiger partial charge in [-0.15, -0.1) is 0 Å². The predicted octanol–water partition coefficient (Wildman–Crippen LogP) is 5.95. The highest BCUT2D eigenvalue weighted by Gasteiger charge is 2.70. The van der Waals surface area contributed by atoms with Crippen molar-refractivity contribution in [3.63, 3.8) is 0 Å². The van der Waals surface area contributed by atoms with Gasteiger partial charge in [-0.3, -0.25) is 53.1 Å². The summed E-state index contributed by atoms with van der Waals surface area (Å²) in [5.41, 5.74) is -3.11. The van der Waals surface area contributed by atoms with Gasteiger partial charge in [-0.25, -0.2) is 4.90 Å². The number of benzene rings is 4. The molecule has 2 saturated carbocycles. The van der Waals surface area contributed by atoms with Gasteiger partial charge in [0.05, 0.1) is 64.4 Å². The maximum Gasteiger partial charge on any atom is 0.402 e. The molecule has 6 fully saturated rings. The number of hydrogen-bond donors (Lipinski definition) is 2. The van der Waals surface area contributed by atoms with Gasteiger partial charge < -0.3 is 14.9 Å². The van der Waals surface area contributed by atoms with E-state index in [1.165, 1.54) is 44.3 Å². The van der Waals surface area contributed by atoms with E-state index in [9.17, 15) is 48.6 Å². The smallest absolute Gasteiger partial charge is 0.402 e. The summed E-state index contributed by atoms with van der Waals surface area (Å²) >= 11 is 0. The van der Waals surface area contributed by atoms with Gasteiger partial charge in [0, 0.05) is 30.7 Å². The highest BCUT2D eigenvalue weighted by atomic mass is 19.4. The van der Waals surface area contributed by atoms with Crippen LogP contribution in [0.3, 0.4) is 0 Å². The van der Waals surface area contributed by atoms with E-state index < -0.39 is 135 Å². The number of anilines is 3. The number of carbonyl (C=O) groups is 8. The Hall–Kier alpha value is -7.89. The number of imide groups is 4. The third-order valence-corrected chi connectivity index (χ3v) is 16.8. The zero-order valence-electron chi connectivity index (χ0n) is 37.8. The van der Waals surface area contributed by atoms with Crippen molar-refractivity contribution >= 4 is 64.3 Å². The third kappa shape index (κ3) is 5.78. The molecule has 15 nitrogen and oxygen atoms in total. The fraction of sp³-hybridized carbons (Fsp3) is 0.321. The van der Waals surface area contributed by atoms with Crippen molar-refractivity contribution < 1.29 is 66.5 Å². The molecule has 8 amide bonds. The maximum absolute atomic E-state index is 15.1. The molecule has 4 heterocycles. The molecule has 13 unspecified atom stereocenters. The van der Waals surface area contributed by atoms with Crippen LogP contribution in [0.1, 0.15) is 23.6 Å². The summed E-state index contributed by atoms with van der Waals surface area (Å²) in [6, 6.07) is 18.8. The normalized spacial score (nSPS) is 32.0. The first-order chi connectivity index (χ1) is 33.7. The van der Waals surface area contributed by atoms with E-state index in [0.717, 1.165) is 52.0 Å². The van der Waals surface area contributed by atoms with E-state index in [4.69, 9.17) is 4.74 Å². The number of rotatable bonds is 7. The lowest BCUT2D eigenvalue weighted by Gasteiger charge is -2.44. The molecule has 4 saturated heterocycles. The fourth-order valence-electron chi connectivity index (χ4n) is 13.3. The molecule has 10 aliphatic rings. The Morgan fingerprint density at radius 3 is 1.17 bits per heavy atom. The van der Waals surface area contributed by atoms with Gasteiger partial charge in [-0.05, 0) is 97.3 Å². The molecule has 13 atom stereocenters. The highest BCUT2D eigenvalue weighted by Crippen LogP contribution is 2.61. The molecule has 4 bridgehead atoms. The summed E-state index contributed by atoms with van der Waals surface area (Å²) in [4.78, 5) is 115. The van der Waals surface area contributed by atoms with Crippen molar-refractivity contribution in [1.82, 2.24) is 4.90 Å². The first-order valence-electron chi connectivity index (χ1n) is 23.1. The molecule has 14 rings (SSSR count). The molecule has 360 valence electrons. The van der Waals surface area contributed by atoms with Crippen LogP contribution in [0.5, 0.6) is 23.0 Å². The van der Waals surface area contributed by atoms with Crippen molar-refractivity contribution in [2.24, 2.45) is 71.0 Å². The second-order valence-electron chi connectivity index (χ2n) is 20.0. The Morgan fingerprint density at radius 2 is 0.803 bits per heavy atom. The minimum absolute atomic E-state index is 0.188. The topological polar surface area (TPSA) is 199 Å². The van der Waals surface area contributed by atoms with Gasteiger partial charge in [0.1, 0.15) is 28.4 Å². The minimum Gasteiger partial charge on any atom is -0.508 e. The van der Waals surface area contributed by atoms with Crippen molar-refractivity contribution in [2.75, 3.05) is 21.7 Å². The van der Waals surface area contributed by atoms with Crippen LogP contribution in [0.4, 0.5) is 30.2 Å². The molecule has 0 radical (unpaired) electrons. The summed E-state index contributed by atoms with van der Waals surface area (Å²) < 4.78 is 51.3. The Morgan fingerprint density at radius 1 is 0.465 bits per heavy atom. The number of carbonyl (C=O) groups excluding carboxylic acids is 8. The average Bonchev–Trinajstić information content (AvgIpc) is 3.99. The Bertz CT molecular complexity index is 3110. The monoisotopic (exact) mass is 966 g/mol. The van der Waals surface area contributed by atoms with Crippen LogP contribution in [0.15, 0.2) is 109 Å². The largest absolute Gasteiger partial charge is 0.508 e. The van der Waals surface area contributed by atoms with Gasteiger partial charge in [0.2, 0.25) is 47.3 Å². The molecular weight excluding hydrogens is 926 g/mol. The number of allylic oxidation sites excluding steroid dienone is 4. The van der Waals surface area contributed by atoms with Crippen LogP contribution < -0.4 is 19.4 Å². The van der Waals surface area contributed by atoms with E-state index in [2.05, 4.69) is 0 Å². The molecule has 71 heavy (non-hydrogen) atoms. The van der Waals surface area contributed by atoms with Gasteiger partial charge in [0.15, 0.2) is 0 Å². The Kier molecular flexibility index (Phi) is 9.25. The van der Waals surface area contributed by atoms with E-state index in [1.54, 1.807) is 48.6 Å². The second kappa shape index (κ2) is 14.8. The van der Waals surface area contributed by atoms with Gasteiger partial charge >= 0.3 is 6.18 Å². The van der Waals surface area contributed by atoms with Crippen LogP contribution >= 0.6 is 0 Å². The summed E-state index contributed by atoms with van der Waals surface area (Å²) in [5, 5.41) is 21.1. The number of nitrogens with zero attached hydrogens (tertiary/aromatic N) is 4. The highest BCUT2D eigenvalue weighted by molar-refractivity contribution is 6.27. The van der Waals surface area contributed by atoms with Crippen LogP contribution in [-0.4, -0.2) is 75.6 Å². The maximum atomic E-state index is 15.1. The number of halogens is 3. The Balaban J connectivity index is 0.753. The van der Waals surface area contributed by atoms with Gasteiger partial charge in [0.25, 0.3) is 0 Å². The van der Waals surface area contributed by atoms with Gasteiger partial charge in [-0.2, -0.15) is 13.2 Å². The molecule has 18 heteroatoms. The van der Waals surface area contributed by atoms with Crippen molar-refractivity contribution in [3.8, 4) is 23.0 Å². The zero-order chi connectivity index (χ0) is 50.1. The van der Waals surface area contributed by atoms with E-state index in [0.29, 0.717) is 22.1 Å². The number of amides is 8. The average molecular weight is 967 g/mol. The SMILES string of the molecule is Cc1cc(C(C)(c2ccc(O)c(N3C(=O)C4C5C=CC(C6C(=O)N(c7ccc(Oc8ccc(N9C(=O)C%10C%11C=CC(C%12C(=O)N(C)C(=O)C%11%12)C%10C9=O)cc8)cc7)C(=O)C56)C4C3=O)c2)C(F)(F)F)ccc1O. The van der Waals surface area contributed by atoms with Crippen molar-refractivity contribution in [1.29, 1.82) is 0 Å². The molecule has 2 N–H and O–H groups in total. The molecule has 4 aliphatic heterocycles. The summed E-state index contributed by atoms with van der Waals surface area (Å²) in [7, 11) is 1.43. The summed E-state index contributed by atoms with van der Waals surface area (Å²) in [5.74, 6) is -14.8. The third-order valence-electron chi connectivity index (χ3n) is 16.8. The standard InChI is InChI=1S/C53H41F3N4O11/c1-22-20-23(4-18-34(22)61)52(2,53(54,55)56)24-5-19-35(62)33(21-24)60-50(69)42-31-16-17-32(43(42)51(60)70)41-40(31)48(67)59(49(41)68)26-8-12-28(13-9-26)71-27-10-6-25(7-11-27)58-46(65)38-29-14-15-30(39(38)47(58)66)37-36(29)44(63)57(3)45(37)64/h4-21,29-32,36-43,61-62H,1-3H3. The minimum atomic E-state index is -4.92. The molecule has 4 aromatic rings. The second-order valence-corrected chi connectivity index (χ2v) is 20.0. The lowest BCUT2D eigenvalue weighted by Crippen LogP contribution is -2.50. The number of phenols is 2. The van der Waals surface area contributed by atoms with E-state index in [-0.39, 0.29) is 34.4 Å². The lowest BCUT2D eigenvalue weighted by molar-refractivity contribution is -0.173. The van der Waals surface area contributed by atoms with Gasteiger partial charge in [-0.1, -0.05) is 42.5 Å². The van der Waals surface area contributed by atoms with E-state index in [1.807, 2.05) is 0 Å². The van der Waals surface area contributed by atoms with E-state index >= 15 is 13.2 Å². The number of aromatic hydroxyl groups is 2. The molecular formula is C53H41F3N4O11. The van der Waals surface area contributed by atoms with Crippen molar-refractivity contribution in [2.45, 2.75) is 25.4 Å². The number of aryl methyl sites for hydroxylation is 1. The Labute approximate surface area is 401 Å². The zero-order valence-corrected chi connectivity index (χ0v) is 37.8. The molecule has 0 aromatic heterocycles. The number of hydrogen-bond acceptors (Lipinski definition) is 11. The van der Waals surface area contributed by atoms with Crippen LogP contribution in [0, 0.1) is 77.9 Å². The summed E-state index contributed by atoms with van der Waals surface area (Å²) in [6.45, 7) is 2.37. The van der Waals surface area contributed by atoms with Crippen LogP contribution in [0.25, 0.3) is 0 Å². The fourth-order valence-corrected chi connectivity index (χ4v) is 13.3. The predicted molar refractivity (Wildman–Crippen MR) is 242 cm³/mol. The quantitative estimate of drug-likeness (QED) is 0.164. The lowest BCUT2D eigenvalue weighted by atomic mass is 9.54. The number of alkyl halides is 3.